The van der Waals surface area contributed by atoms with Crippen LogP contribution in [0, 0.1) is 17.0 Å². The molecule has 1 aromatic heterocycles. The lowest BCUT2D eigenvalue weighted by atomic mass is 10.2. The summed E-state index contributed by atoms with van der Waals surface area (Å²) in [4.78, 5) is 18.9. The molecular weight excluding hydrogens is 434 g/mol. The molecule has 0 saturated carbocycles. The van der Waals surface area contributed by atoms with E-state index in [9.17, 15) is 23.6 Å². The number of nitrogens with one attached hydrogen (secondary N) is 2. The van der Waals surface area contributed by atoms with Crippen molar-refractivity contribution in [2.45, 2.75) is 11.8 Å². The van der Waals surface area contributed by atoms with Crippen LogP contribution in [0.25, 0.3) is 11.0 Å². The second-order valence-corrected chi connectivity index (χ2v) is 8.53. The van der Waals surface area contributed by atoms with Crippen LogP contribution in [0.3, 0.4) is 0 Å². The first kappa shape index (κ1) is 21.0. The molecule has 1 heterocycles. The van der Waals surface area contributed by atoms with Gasteiger partial charge in [0.2, 0.25) is 0 Å². The summed E-state index contributed by atoms with van der Waals surface area (Å²) in [6.45, 7) is 1.69. The average Bonchev–Trinajstić information content (AvgIpc) is 2.77. The van der Waals surface area contributed by atoms with E-state index in [1.54, 1.807) is 43.3 Å². The van der Waals surface area contributed by atoms with Crippen molar-refractivity contribution in [2.75, 3.05) is 10.0 Å². The van der Waals surface area contributed by atoms with E-state index in [0.717, 1.165) is 6.07 Å². The molecule has 10 nitrogen and oxygen atoms in total. The van der Waals surface area contributed by atoms with Gasteiger partial charge in [-0.25, -0.2) is 18.4 Å². The first-order chi connectivity index (χ1) is 15.2. The third kappa shape index (κ3) is 4.14. The number of para-hydroxylation sites is 2. The Labute approximate surface area is 182 Å². The van der Waals surface area contributed by atoms with Crippen LogP contribution in [0.1, 0.15) is 5.56 Å². The SMILES string of the molecule is Cc1c(O)cccc1Nc1nc2ccccc2nc1NS(=O)(=O)c1cccc([N+](=O)[O-])c1. The van der Waals surface area contributed by atoms with Crippen LogP contribution in [0.2, 0.25) is 0 Å². The highest BCUT2D eigenvalue weighted by molar-refractivity contribution is 7.92. The fourth-order valence-corrected chi connectivity index (χ4v) is 4.04. The molecule has 4 aromatic rings. The normalized spacial score (nSPS) is 11.3. The summed E-state index contributed by atoms with van der Waals surface area (Å²) in [5, 5.41) is 24.0. The van der Waals surface area contributed by atoms with Crippen LogP contribution in [0.15, 0.2) is 71.6 Å². The van der Waals surface area contributed by atoms with Gasteiger partial charge in [-0.3, -0.25) is 14.8 Å². The van der Waals surface area contributed by atoms with Gasteiger partial charge < -0.3 is 10.4 Å². The van der Waals surface area contributed by atoms with E-state index in [2.05, 4.69) is 20.0 Å². The molecule has 0 bridgehead atoms. The Morgan fingerprint density at radius 3 is 2.28 bits per heavy atom. The molecule has 0 amide bonds. The van der Waals surface area contributed by atoms with Crippen LogP contribution < -0.4 is 10.0 Å². The number of hydrogen-bond acceptors (Lipinski definition) is 8. The van der Waals surface area contributed by atoms with Gasteiger partial charge in [0.25, 0.3) is 15.7 Å². The zero-order valence-corrected chi connectivity index (χ0v) is 17.5. The zero-order valence-electron chi connectivity index (χ0n) is 16.7. The fraction of sp³-hybridized carbons (Fsp3) is 0.0476. The van der Waals surface area contributed by atoms with Crippen molar-refractivity contribution in [3.63, 3.8) is 0 Å². The van der Waals surface area contributed by atoms with Crippen molar-refractivity contribution in [2.24, 2.45) is 0 Å². The van der Waals surface area contributed by atoms with Gasteiger partial charge in [0.05, 0.1) is 20.9 Å². The van der Waals surface area contributed by atoms with Gasteiger partial charge in [-0.05, 0) is 37.3 Å². The number of non-ortho nitro benzene ring substituents is 1. The van der Waals surface area contributed by atoms with Crippen molar-refractivity contribution in [1.82, 2.24) is 9.97 Å². The average molecular weight is 451 g/mol. The number of phenols is 1. The van der Waals surface area contributed by atoms with E-state index in [4.69, 9.17) is 0 Å². The van der Waals surface area contributed by atoms with Gasteiger partial charge in [-0.2, -0.15) is 0 Å². The monoisotopic (exact) mass is 451 g/mol. The Hall–Kier alpha value is -4.25. The maximum absolute atomic E-state index is 13.0. The maximum atomic E-state index is 13.0. The van der Waals surface area contributed by atoms with Crippen LogP contribution >= 0.6 is 0 Å². The largest absolute Gasteiger partial charge is 0.508 e. The van der Waals surface area contributed by atoms with Crippen molar-refractivity contribution >= 4 is 44.1 Å². The number of nitrogens with zero attached hydrogens (tertiary/aromatic N) is 3. The standard InChI is InChI=1S/C21H17N5O5S/c1-13-16(10-5-11-19(13)27)22-20-21(24-18-9-3-2-8-17(18)23-20)25-32(30,31)15-7-4-6-14(12-15)26(28)29/h2-12,27H,1H3,(H,22,23)(H,24,25). The minimum absolute atomic E-state index is 0.0578. The number of nitro benzene ring substituents is 1. The Balaban J connectivity index is 1.80. The number of aromatic nitrogens is 2. The molecule has 0 fully saturated rings. The van der Waals surface area contributed by atoms with E-state index < -0.39 is 14.9 Å². The molecule has 0 unspecified atom stereocenters. The topological polar surface area (TPSA) is 147 Å². The summed E-state index contributed by atoms with van der Waals surface area (Å²) < 4.78 is 28.3. The highest BCUT2D eigenvalue weighted by Gasteiger charge is 2.21. The van der Waals surface area contributed by atoms with E-state index in [1.165, 1.54) is 24.3 Å². The number of fused-ring (bicyclic) bond motifs is 1. The molecule has 0 aliphatic carbocycles. The van der Waals surface area contributed by atoms with E-state index in [1.807, 2.05) is 0 Å². The lowest BCUT2D eigenvalue weighted by Gasteiger charge is -2.15. The van der Waals surface area contributed by atoms with Gasteiger partial charge in [0.1, 0.15) is 5.75 Å². The minimum atomic E-state index is -4.22. The molecule has 0 spiro atoms. The summed E-state index contributed by atoms with van der Waals surface area (Å²) >= 11 is 0. The summed E-state index contributed by atoms with van der Waals surface area (Å²) in [7, 11) is -4.22. The molecule has 4 rings (SSSR count). The summed E-state index contributed by atoms with van der Waals surface area (Å²) in [6, 6.07) is 16.5. The van der Waals surface area contributed by atoms with Gasteiger partial charge in [0, 0.05) is 23.4 Å². The lowest BCUT2D eigenvalue weighted by molar-refractivity contribution is -0.385. The van der Waals surface area contributed by atoms with Gasteiger partial charge in [-0.15, -0.1) is 0 Å². The van der Waals surface area contributed by atoms with Crippen molar-refractivity contribution in [3.8, 4) is 5.75 Å². The molecule has 0 radical (unpaired) electrons. The molecule has 0 aliphatic rings. The number of anilines is 3. The second-order valence-electron chi connectivity index (χ2n) is 6.84. The van der Waals surface area contributed by atoms with Crippen LogP contribution in [0.5, 0.6) is 5.75 Å². The van der Waals surface area contributed by atoms with Gasteiger partial charge >= 0.3 is 0 Å². The number of aromatic hydroxyl groups is 1. The summed E-state index contributed by atoms with van der Waals surface area (Å²) in [6.07, 6.45) is 0. The number of nitro groups is 1. The molecule has 0 atom stereocenters. The van der Waals surface area contributed by atoms with E-state index >= 15 is 0 Å². The molecule has 0 aliphatic heterocycles. The molecule has 32 heavy (non-hydrogen) atoms. The first-order valence-corrected chi connectivity index (χ1v) is 10.8. The number of hydrogen-bond donors (Lipinski definition) is 3. The molecule has 3 aromatic carbocycles. The van der Waals surface area contributed by atoms with E-state index in [-0.39, 0.29) is 28.0 Å². The first-order valence-electron chi connectivity index (χ1n) is 9.34. The Morgan fingerprint density at radius 1 is 0.938 bits per heavy atom. The summed E-state index contributed by atoms with van der Waals surface area (Å²) in [5.74, 6) is 0.0619. The van der Waals surface area contributed by atoms with Gasteiger partial charge in [-0.1, -0.05) is 24.3 Å². The number of phenolic OH excluding ortho intramolecular Hbond substituents is 1. The quantitative estimate of drug-likeness (QED) is 0.293. The maximum Gasteiger partial charge on any atom is 0.270 e. The predicted molar refractivity (Wildman–Crippen MR) is 120 cm³/mol. The number of sulfonamides is 1. The highest BCUT2D eigenvalue weighted by Crippen LogP contribution is 2.31. The second kappa shape index (κ2) is 8.12. The highest BCUT2D eigenvalue weighted by atomic mass is 32.2. The Bertz CT molecular complexity index is 1460. The number of benzene rings is 3. The third-order valence-electron chi connectivity index (χ3n) is 4.70. The molecule has 0 saturated heterocycles. The Kier molecular flexibility index (Phi) is 5.33. The van der Waals surface area contributed by atoms with Crippen molar-refractivity contribution < 1.29 is 18.4 Å². The predicted octanol–water partition coefficient (Wildman–Crippen LogP) is 4.10. The Morgan fingerprint density at radius 2 is 1.59 bits per heavy atom. The number of rotatable bonds is 6. The smallest absolute Gasteiger partial charge is 0.270 e. The summed E-state index contributed by atoms with van der Waals surface area (Å²) in [5.41, 5.74) is 1.65. The molecule has 11 heteroatoms. The van der Waals surface area contributed by atoms with Gasteiger partial charge in [0.15, 0.2) is 11.6 Å². The molecule has 3 N–H and O–H groups in total. The van der Waals surface area contributed by atoms with Crippen LogP contribution in [-0.4, -0.2) is 28.4 Å². The van der Waals surface area contributed by atoms with Crippen molar-refractivity contribution in [3.05, 3.63) is 82.4 Å². The third-order valence-corrected chi connectivity index (χ3v) is 6.04. The molecular formula is C21H17N5O5S. The van der Waals surface area contributed by atoms with Crippen LogP contribution in [-0.2, 0) is 10.0 Å². The van der Waals surface area contributed by atoms with Crippen molar-refractivity contribution in [1.29, 1.82) is 0 Å². The minimum Gasteiger partial charge on any atom is -0.508 e. The molecule has 162 valence electrons. The van der Waals surface area contributed by atoms with E-state index in [0.29, 0.717) is 22.3 Å². The zero-order chi connectivity index (χ0) is 22.9. The van der Waals surface area contributed by atoms with Crippen LogP contribution in [0.4, 0.5) is 23.0 Å². The lowest BCUT2D eigenvalue weighted by Crippen LogP contribution is -2.16. The fourth-order valence-electron chi connectivity index (χ4n) is 3.00.